The van der Waals surface area contributed by atoms with Gasteiger partial charge in [0.2, 0.25) is 5.91 Å². The maximum absolute atomic E-state index is 11.9. The Balaban J connectivity index is 1.53. The minimum Gasteiger partial charge on any atom is -0.461 e. The Morgan fingerprint density at radius 3 is 2.90 bits per heavy atom. The van der Waals surface area contributed by atoms with Crippen molar-refractivity contribution in [3.05, 3.63) is 15.0 Å². The lowest BCUT2D eigenvalue weighted by atomic mass is 10.1. The number of aryl methyl sites for hydroxylation is 1. The van der Waals surface area contributed by atoms with E-state index in [1.54, 1.807) is 6.92 Å². The molecule has 2 heterocycles. The monoisotopic (exact) mass is 314 g/mol. The van der Waals surface area contributed by atoms with Crippen LogP contribution in [0.5, 0.6) is 0 Å². The highest BCUT2D eigenvalue weighted by Gasteiger charge is 2.39. The fourth-order valence-corrected chi connectivity index (χ4v) is 3.52. The Hall–Kier alpha value is -1.14. The van der Waals surface area contributed by atoms with Gasteiger partial charge < -0.3 is 9.64 Å². The van der Waals surface area contributed by atoms with Crippen molar-refractivity contribution in [3.63, 3.8) is 0 Å². The van der Waals surface area contributed by atoms with Crippen molar-refractivity contribution < 1.29 is 14.3 Å². The molecule has 3 rings (SSSR count). The van der Waals surface area contributed by atoms with Crippen molar-refractivity contribution in [1.29, 1.82) is 0 Å². The molecule has 1 atom stereocenters. The fraction of sp³-hybridized carbons (Fsp3) is 0.615. The molecule has 7 heteroatoms. The van der Waals surface area contributed by atoms with Gasteiger partial charge in [0.15, 0.2) is 10.2 Å². The number of likely N-dealkylation sites (tertiary alicyclic amines) is 1. The van der Waals surface area contributed by atoms with Crippen LogP contribution in [0.2, 0.25) is 4.47 Å². The van der Waals surface area contributed by atoms with Gasteiger partial charge in [0.1, 0.15) is 0 Å². The summed E-state index contributed by atoms with van der Waals surface area (Å²) in [4.78, 5) is 30.3. The lowest BCUT2D eigenvalue weighted by molar-refractivity contribution is -0.128. The number of aromatic nitrogens is 1. The Morgan fingerprint density at radius 2 is 2.30 bits per heavy atom. The quantitative estimate of drug-likeness (QED) is 0.800. The number of hydrogen-bond acceptors (Lipinski definition) is 5. The number of hydrogen-bond donors (Lipinski definition) is 0. The highest BCUT2D eigenvalue weighted by atomic mass is 35.5. The molecule has 1 aliphatic carbocycles. The van der Waals surface area contributed by atoms with Crippen LogP contribution in [0.3, 0.4) is 0 Å². The molecule has 0 unspecified atom stereocenters. The topological polar surface area (TPSA) is 59.5 Å². The molecule has 1 aromatic heterocycles. The molecule has 1 aliphatic heterocycles. The first kappa shape index (κ1) is 13.8. The highest BCUT2D eigenvalue weighted by Crippen LogP contribution is 2.32. The van der Waals surface area contributed by atoms with Gasteiger partial charge in [0, 0.05) is 29.8 Å². The van der Waals surface area contributed by atoms with Gasteiger partial charge >= 0.3 is 5.97 Å². The Morgan fingerprint density at radius 1 is 1.55 bits per heavy atom. The van der Waals surface area contributed by atoms with Crippen molar-refractivity contribution in [1.82, 2.24) is 9.88 Å². The van der Waals surface area contributed by atoms with Crippen molar-refractivity contribution >= 4 is 34.8 Å². The number of carbonyl (C=O) groups is 2. The minimum absolute atomic E-state index is 0.0986. The molecule has 2 fully saturated rings. The van der Waals surface area contributed by atoms with Gasteiger partial charge in [-0.05, 0) is 19.8 Å². The summed E-state index contributed by atoms with van der Waals surface area (Å²) in [6.45, 7) is 2.75. The second-order valence-corrected chi connectivity index (χ2v) is 7.10. The molecule has 1 saturated heterocycles. The number of esters is 1. The molecule has 0 spiro atoms. The van der Waals surface area contributed by atoms with E-state index in [9.17, 15) is 9.59 Å². The van der Waals surface area contributed by atoms with E-state index in [0.29, 0.717) is 23.5 Å². The van der Waals surface area contributed by atoms with Crippen LogP contribution in [0.15, 0.2) is 0 Å². The third-order valence-corrected chi connectivity index (χ3v) is 4.72. The standard InChI is InChI=1S/C13H15ClN2O3S/c1-7-11(15-13(14)20-7)12(18)19-6-8-4-10(17)16(5-8)9-2-3-9/h8-9H,2-6H2,1H3/t8-/m0/s1. The van der Waals surface area contributed by atoms with Crippen LogP contribution in [-0.2, 0) is 9.53 Å². The first-order chi connectivity index (χ1) is 9.54. The van der Waals surface area contributed by atoms with Gasteiger partial charge in [-0.3, -0.25) is 4.79 Å². The number of thiazole rings is 1. The molecule has 20 heavy (non-hydrogen) atoms. The zero-order valence-electron chi connectivity index (χ0n) is 11.1. The first-order valence-electron chi connectivity index (χ1n) is 6.64. The fourth-order valence-electron chi connectivity index (χ4n) is 2.47. The molecule has 1 amide bonds. The SMILES string of the molecule is Cc1sc(Cl)nc1C(=O)OC[C@H]1CC(=O)N(C2CC2)C1. The maximum atomic E-state index is 11.9. The summed E-state index contributed by atoms with van der Waals surface area (Å²) in [6, 6.07) is 0.433. The molecule has 0 N–H and O–H groups in total. The molecule has 2 aliphatic rings. The van der Waals surface area contributed by atoms with Gasteiger partial charge in [-0.2, -0.15) is 0 Å². The summed E-state index contributed by atoms with van der Waals surface area (Å²) in [5.41, 5.74) is 0.281. The lowest BCUT2D eigenvalue weighted by Crippen LogP contribution is -2.28. The summed E-state index contributed by atoms with van der Waals surface area (Å²) in [6.07, 6.45) is 2.68. The minimum atomic E-state index is -0.456. The predicted molar refractivity (Wildman–Crippen MR) is 75.0 cm³/mol. The average molecular weight is 315 g/mol. The summed E-state index contributed by atoms with van der Waals surface area (Å²) < 4.78 is 5.61. The molecule has 0 aromatic carbocycles. The van der Waals surface area contributed by atoms with Crippen molar-refractivity contribution in [2.45, 2.75) is 32.2 Å². The van der Waals surface area contributed by atoms with Crippen molar-refractivity contribution in [3.8, 4) is 0 Å². The van der Waals surface area contributed by atoms with Gasteiger partial charge in [0.05, 0.1) is 6.61 Å². The Bertz CT molecular complexity index is 556. The number of carbonyl (C=O) groups excluding carboxylic acids is 2. The van der Waals surface area contributed by atoms with Gasteiger partial charge in [-0.15, -0.1) is 11.3 Å². The van der Waals surface area contributed by atoms with Gasteiger partial charge in [-0.1, -0.05) is 11.6 Å². The molecule has 1 aromatic rings. The van der Waals surface area contributed by atoms with Crippen LogP contribution in [0, 0.1) is 12.8 Å². The van der Waals surface area contributed by atoms with Crippen LogP contribution in [-0.4, -0.2) is 41.0 Å². The average Bonchev–Trinajstić information content (AvgIpc) is 3.09. The van der Waals surface area contributed by atoms with Gasteiger partial charge in [0.25, 0.3) is 0 Å². The lowest BCUT2D eigenvalue weighted by Gasteiger charge is -2.15. The van der Waals surface area contributed by atoms with Crippen molar-refractivity contribution in [2.75, 3.05) is 13.2 Å². The molecular formula is C13H15ClN2O3S. The normalized spacial score (nSPS) is 22.4. The van der Waals surface area contributed by atoms with E-state index in [1.807, 2.05) is 4.90 Å². The van der Waals surface area contributed by atoms with E-state index in [4.69, 9.17) is 16.3 Å². The van der Waals surface area contributed by atoms with Crippen molar-refractivity contribution in [2.24, 2.45) is 5.92 Å². The predicted octanol–water partition coefficient (Wildman–Crippen LogP) is 2.27. The summed E-state index contributed by atoms with van der Waals surface area (Å²) in [7, 11) is 0. The number of rotatable bonds is 4. The van der Waals surface area contributed by atoms with Crippen LogP contribution in [0.4, 0.5) is 0 Å². The molecule has 0 bridgehead atoms. The van der Waals surface area contributed by atoms with Crippen LogP contribution in [0.25, 0.3) is 0 Å². The number of nitrogens with zero attached hydrogens (tertiary/aromatic N) is 2. The van der Waals surface area contributed by atoms with Crippen LogP contribution in [0.1, 0.15) is 34.6 Å². The number of ether oxygens (including phenoxy) is 1. The molecule has 5 nitrogen and oxygen atoms in total. The smallest absolute Gasteiger partial charge is 0.358 e. The van der Waals surface area contributed by atoms with E-state index in [2.05, 4.69) is 4.98 Å². The van der Waals surface area contributed by atoms with Crippen LogP contribution >= 0.6 is 22.9 Å². The largest absolute Gasteiger partial charge is 0.461 e. The van der Waals surface area contributed by atoms with E-state index in [1.165, 1.54) is 11.3 Å². The Labute approximate surface area is 125 Å². The van der Waals surface area contributed by atoms with E-state index >= 15 is 0 Å². The molecule has 108 valence electrons. The maximum Gasteiger partial charge on any atom is 0.358 e. The first-order valence-corrected chi connectivity index (χ1v) is 7.83. The Kier molecular flexibility index (Phi) is 3.69. The number of halogens is 1. The molecule has 1 saturated carbocycles. The molecular weight excluding hydrogens is 300 g/mol. The van der Waals surface area contributed by atoms with E-state index in [-0.39, 0.29) is 24.1 Å². The summed E-state index contributed by atoms with van der Waals surface area (Å²) in [5.74, 6) is -0.175. The zero-order valence-corrected chi connectivity index (χ0v) is 12.7. The highest BCUT2D eigenvalue weighted by molar-refractivity contribution is 7.15. The third-order valence-electron chi connectivity index (χ3n) is 3.64. The summed E-state index contributed by atoms with van der Waals surface area (Å²) >= 11 is 7.03. The van der Waals surface area contributed by atoms with E-state index in [0.717, 1.165) is 17.7 Å². The second kappa shape index (κ2) is 5.33. The third kappa shape index (κ3) is 2.81. The molecule has 0 radical (unpaired) electrons. The second-order valence-electron chi connectivity index (χ2n) is 5.32. The zero-order chi connectivity index (χ0) is 14.3. The van der Waals surface area contributed by atoms with E-state index < -0.39 is 5.97 Å². The summed E-state index contributed by atoms with van der Waals surface area (Å²) in [5, 5.41) is 0. The van der Waals surface area contributed by atoms with Crippen LogP contribution < -0.4 is 0 Å². The number of amides is 1. The van der Waals surface area contributed by atoms with Gasteiger partial charge in [-0.25, -0.2) is 9.78 Å².